The van der Waals surface area contributed by atoms with Gasteiger partial charge in [-0.2, -0.15) is 0 Å². The van der Waals surface area contributed by atoms with E-state index in [1.807, 2.05) is 0 Å². The van der Waals surface area contributed by atoms with E-state index in [4.69, 9.17) is 56.5 Å². The van der Waals surface area contributed by atoms with E-state index in [0.717, 1.165) is 38.0 Å². The highest BCUT2D eigenvalue weighted by Crippen LogP contribution is 2.34. The van der Waals surface area contributed by atoms with Crippen molar-refractivity contribution in [1.82, 2.24) is 14.9 Å². The number of rotatable bonds is 11. The van der Waals surface area contributed by atoms with Crippen LogP contribution in [0.4, 0.5) is 21.6 Å². The summed E-state index contributed by atoms with van der Waals surface area (Å²) in [6.07, 6.45) is 4.73. The van der Waals surface area contributed by atoms with Crippen molar-refractivity contribution in [3.05, 3.63) is 79.4 Å². The molecule has 2 heterocycles. The lowest BCUT2D eigenvalue weighted by Gasteiger charge is -2.27. The highest BCUT2D eigenvalue weighted by atomic mass is 35.5. The van der Waals surface area contributed by atoms with Crippen molar-refractivity contribution in [2.45, 2.75) is 12.8 Å². The van der Waals surface area contributed by atoms with Gasteiger partial charge in [-0.1, -0.05) is 17.2 Å². The molecule has 0 saturated carbocycles. The second-order valence-corrected chi connectivity index (χ2v) is 9.69. The number of carbonyl (C=O) groups is 1. The van der Waals surface area contributed by atoms with E-state index in [0.29, 0.717) is 53.7 Å². The summed E-state index contributed by atoms with van der Waals surface area (Å²) < 4.78 is 29.8. The van der Waals surface area contributed by atoms with Crippen LogP contribution in [0.15, 0.2) is 48.3 Å². The first-order chi connectivity index (χ1) is 21.9. The molecule has 1 saturated heterocycles. The molecule has 1 aliphatic heterocycles. The van der Waals surface area contributed by atoms with Crippen LogP contribution in [0.2, 0.25) is 5.02 Å². The number of halogens is 2. The number of likely N-dealkylation sites (tertiary alicyclic amines) is 1. The van der Waals surface area contributed by atoms with Gasteiger partial charge in [-0.15, -0.1) is 20.2 Å². The number of nitrogens with zero attached hydrogens (tertiary/aromatic N) is 5. The molecule has 1 fully saturated rings. The predicted molar refractivity (Wildman–Crippen MR) is 163 cm³/mol. The van der Waals surface area contributed by atoms with Crippen molar-refractivity contribution in [1.29, 1.82) is 0 Å². The highest BCUT2D eigenvalue weighted by Gasteiger charge is 2.17. The van der Waals surface area contributed by atoms with Crippen molar-refractivity contribution in [2.75, 3.05) is 64.3 Å². The van der Waals surface area contributed by atoms with Crippen LogP contribution in [0, 0.1) is 26.0 Å². The third-order valence-corrected chi connectivity index (χ3v) is 6.46. The molecule has 2 aromatic carbocycles. The molecular formula is C27H33ClFN7O10. The molecule has 46 heavy (non-hydrogen) atoms. The summed E-state index contributed by atoms with van der Waals surface area (Å²) in [6.45, 7) is 4.05. The van der Waals surface area contributed by atoms with Crippen LogP contribution in [0.5, 0.6) is 5.75 Å². The number of amides is 1. The second-order valence-electron chi connectivity index (χ2n) is 9.28. The van der Waals surface area contributed by atoms with Gasteiger partial charge in [0.2, 0.25) is 5.91 Å². The molecule has 19 heteroatoms. The van der Waals surface area contributed by atoms with Crippen molar-refractivity contribution in [2.24, 2.45) is 0 Å². The molecule has 1 aromatic heterocycles. The fourth-order valence-electron chi connectivity index (χ4n) is 4.13. The second kappa shape index (κ2) is 19.5. The van der Waals surface area contributed by atoms with E-state index >= 15 is 0 Å². The summed E-state index contributed by atoms with van der Waals surface area (Å²) >= 11 is 5.94. The van der Waals surface area contributed by atoms with Crippen LogP contribution in [0.3, 0.4) is 0 Å². The Kier molecular flexibility index (Phi) is 15.8. The van der Waals surface area contributed by atoms with Crippen LogP contribution in [-0.2, 0) is 14.3 Å². The standard InChI is InChI=1S/C27H31ClFN5O4.2HNO3/c1-36-10-9-34-7-5-18(6-8-34)13-26(35)33-24-15-20-23(16-25(24)38-12-11-37-2)30-17-31-27(20)32-19-3-4-22(29)21(28)14-19;2*2-1(3)4/h3-4,13-17H,5-12H2,1-2H3,(H,33,35)(H,30,31,32);2*(H,2,3,4). The smallest absolute Gasteiger partial charge is 0.291 e. The van der Waals surface area contributed by atoms with E-state index in [1.165, 1.54) is 18.5 Å². The molecule has 17 nitrogen and oxygen atoms in total. The lowest BCUT2D eigenvalue weighted by molar-refractivity contribution is -0.742. The molecule has 0 atom stereocenters. The molecule has 4 rings (SSSR count). The van der Waals surface area contributed by atoms with Crippen LogP contribution >= 0.6 is 11.6 Å². The van der Waals surface area contributed by atoms with Gasteiger partial charge in [0, 0.05) is 57.1 Å². The van der Waals surface area contributed by atoms with Crippen molar-refractivity contribution in [3.8, 4) is 5.75 Å². The topological polar surface area (TPSA) is 225 Å². The summed E-state index contributed by atoms with van der Waals surface area (Å²) in [5, 5.41) is 34.0. The van der Waals surface area contributed by atoms with Gasteiger partial charge in [0.25, 0.3) is 10.2 Å². The monoisotopic (exact) mass is 669 g/mol. The third kappa shape index (κ3) is 13.4. The normalized spacial score (nSPS) is 12.6. The van der Waals surface area contributed by atoms with Gasteiger partial charge >= 0.3 is 0 Å². The van der Waals surface area contributed by atoms with Gasteiger partial charge in [0.15, 0.2) is 0 Å². The number of nitrogens with one attached hydrogen (secondary N) is 2. The number of anilines is 3. The van der Waals surface area contributed by atoms with Crippen LogP contribution in [0.25, 0.3) is 10.9 Å². The van der Waals surface area contributed by atoms with E-state index in [-0.39, 0.29) is 10.9 Å². The number of fused-ring (bicyclic) bond motifs is 1. The SMILES string of the molecule is COCCOc1cc2ncnc(Nc3ccc(F)c(Cl)c3)c2cc1NC(=O)C=C1CCN(CCOC)CC1.O=[N+]([O-])O.O=[N+]([O-])O. The van der Waals surface area contributed by atoms with Crippen molar-refractivity contribution >= 4 is 45.6 Å². The zero-order chi connectivity index (χ0) is 34.1. The van der Waals surface area contributed by atoms with Crippen molar-refractivity contribution in [3.63, 3.8) is 0 Å². The average Bonchev–Trinajstić information content (AvgIpc) is 2.99. The number of ether oxygens (including phenoxy) is 3. The van der Waals surface area contributed by atoms with Gasteiger partial charge in [-0.3, -0.25) is 4.79 Å². The summed E-state index contributed by atoms with van der Waals surface area (Å²) in [4.78, 5) is 40.8. The molecule has 3 aromatic rings. The van der Waals surface area contributed by atoms with Crippen LogP contribution < -0.4 is 15.4 Å². The summed E-state index contributed by atoms with van der Waals surface area (Å²) in [7, 11) is 3.29. The zero-order valence-corrected chi connectivity index (χ0v) is 25.6. The average molecular weight is 670 g/mol. The van der Waals surface area contributed by atoms with Gasteiger partial charge in [-0.05, 0) is 37.1 Å². The Bertz CT molecular complexity index is 1490. The predicted octanol–water partition coefficient (Wildman–Crippen LogP) is 4.10. The minimum absolute atomic E-state index is 0.00675. The van der Waals surface area contributed by atoms with Crippen LogP contribution in [0.1, 0.15) is 12.8 Å². The number of methoxy groups -OCH3 is 2. The number of piperidine rings is 1. The fourth-order valence-corrected chi connectivity index (χ4v) is 4.31. The maximum absolute atomic E-state index is 13.6. The summed E-state index contributed by atoms with van der Waals surface area (Å²) in [6, 6.07) is 7.81. The maximum Gasteiger partial charge on any atom is 0.291 e. The van der Waals surface area contributed by atoms with E-state index < -0.39 is 16.0 Å². The largest absolute Gasteiger partial charge is 0.489 e. The minimum Gasteiger partial charge on any atom is -0.489 e. The Morgan fingerprint density at radius 3 is 2.33 bits per heavy atom. The van der Waals surface area contributed by atoms with Crippen molar-refractivity contribution < 1.29 is 44.0 Å². The molecule has 4 N–H and O–H groups in total. The Labute approximate surface area is 266 Å². The molecule has 0 aliphatic carbocycles. The lowest BCUT2D eigenvalue weighted by Crippen LogP contribution is -2.33. The number of benzene rings is 2. The Hall–Kier alpha value is -4.91. The summed E-state index contributed by atoms with van der Waals surface area (Å²) in [5.74, 6) is 0.184. The molecule has 1 amide bonds. The first-order valence-corrected chi connectivity index (χ1v) is 13.8. The summed E-state index contributed by atoms with van der Waals surface area (Å²) in [5.41, 5.74) is 2.73. The molecule has 0 radical (unpaired) electrons. The number of carbonyl (C=O) groups excluding carboxylic acids is 1. The quantitative estimate of drug-likeness (QED) is 0.0976. The van der Waals surface area contributed by atoms with Gasteiger partial charge < -0.3 is 40.2 Å². The molecule has 250 valence electrons. The molecule has 0 spiro atoms. The Balaban J connectivity index is 0.000000825. The Morgan fingerprint density at radius 2 is 1.72 bits per heavy atom. The van der Waals surface area contributed by atoms with E-state index in [2.05, 4.69) is 25.5 Å². The minimum atomic E-state index is -1.50. The maximum atomic E-state index is 13.6. The van der Waals surface area contributed by atoms with Gasteiger partial charge in [0.1, 0.15) is 30.3 Å². The number of aromatic nitrogens is 2. The van der Waals surface area contributed by atoms with Crippen LogP contribution in [-0.4, -0.2) is 95.0 Å². The number of hydrogen-bond acceptors (Lipinski definition) is 12. The molecule has 0 bridgehead atoms. The number of hydrogen-bond donors (Lipinski definition) is 4. The zero-order valence-electron chi connectivity index (χ0n) is 24.9. The van der Waals surface area contributed by atoms with Gasteiger partial charge in [0.05, 0.1) is 29.4 Å². The van der Waals surface area contributed by atoms with E-state index in [9.17, 15) is 9.18 Å². The van der Waals surface area contributed by atoms with Gasteiger partial charge in [-0.25, -0.2) is 14.4 Å². The fraction of sp³-hybridized carbons (Fsp3) is 0.370. The third-order valence-electron chi connectivity index (χ3n) is 6.17. The Morgan fingerprint density at radius 1 is 1.07 bits per heavy atom. The highest BCUT2D eigenvalue weighted by molar-refractivity contribution is 6.31. The molecular weight excluding hydrogens is 637 g/mol. The lowest BCUT2D eigenvalue weighted by atomic mass is 10.0. The first-order valence-electron chi connectivity index (χ1n) is 13.4. The van der Waals surface area contributed by atoms with E-state index in [1.54, 1.807) is 38.5 Å². The molecule has 1 aliphatic rings. The first kappa shape index (κ1) is 37.3. The molecule has 0 unspecified atom stereocenters.